The second kappa shape index (κ2) is 4.99. The molecule has 1 unspecified atom stereocenters. The molecule has 0 aliphatic heterocycles. The van der Waals surface area contributed by atoms with Gasteiger partial charge in [0.15, 0.2) is 0 Å². The van der Waals surface area contributed by atoms with Gasteiger partial charge in [0.05, 0.1) is 0 Å². The lowest BCUT2D eigenvalue weighted by atomic mass is 10.00. The first-order chi connectivity index (χ1) is 10.7. The van der Waals surface area contributed by atoms with Crippen LogP contribution in [0.15, 0.2) is 66.7 Å². The average Bonchev–Trinajstić information content (AvgIpc) is 3.35. The third kappa shape index (κ3) is 2.27. The Labute approximate surface area is 130 Å². The molecule has 1 aliphatic rings. The molecule has 3 N–H and O–H groups in total. The summed E-state index contributed by atoms with van der Waals surface area (Å²) in [5.74, 6) is 1.42. The number of nitrogen functional groups attached to an aromatic ring is 1. The van der Waals surface area contributed by atoms with E-state index in [1.54, 1.807) is 0 Å². The van der Waals surface area contributed by atoms with Crippen LogP contribution in [0.3, 0.4) is 0 Å². The topological polar surface area (TPSA) is 49.9 Å². The van der Waals surface area contributed by atoms with E-state index in [1.165, 1.54) is 22.9 Å². The minimum absolute atomic E-state index is 0.123. The highest BCUT2D eigenvalue weighted by Crippen LogP contribution is 2.54. The van der Waals surface area contributed by atoms with E-state index >= 15 is 0 Å². The van der Waals surface area contributed by atoms with Gasteiger partial charge in [-0.25, -0.2) is 0 Å². The van der Waals surface area contributed by atoms with Gasteiger partial charge in [-0.1, -0.05) is 60.7 Å². The third-order valence-corrected chi connectivity index (χ3v) is 4.62. The monoisotopic (exact) mass is 286 g/mol. The average molecular weight is 286 g/mol. The van der Waals surface area contributed by atoms with E-state index in [2.05, 4.69) is 54.6 Å². The van der Waals surface area contributed by atoms with Gasteiger partial charge in [0.1, 0.15) is 5.84 Å². The maximum atomic E-state index is 7.53. The Bertz CT molecular complexity index is 852. The van der Waals surface area contributed by atoms with E-state index in [9.17, 15) is 0 Å². The fourth-order valence-corrected chi connectivity index (χ4v) is 3.29. The van der Waals surface area contributed by atoms with Crippen LogP contribution in [0.1, 0.15) is 34.9 Å². The van der Waals surface area contributed by atoms with Crippen LogP contribution in [0.25, 0.3) is 10.8 Å². The second-order valence-corrected chi connectivity index (χ2v) is 6.09. The van der Waals surface area contributed by atoms with Crippen molar-refractivity contribution < 1.29 is 0 Å². The molecule has 3 aromatic carbocycles. The molecule has 2 nitrogen and oxygen atoms in total. The normalized spacial score (nSPS) is 20.0. The lowest BCUT2D eigenvalue weighted by Crippen LogP contribution is -2.10. The zero-order valence-electron chi connectivity index (χ0n) is 12.3. The number of hydrogen-bond donors (Lipinski definition) is 2. The number of benzene rings is 3. The molecule has 3 aromatic rings. The Morgan fingerprint density at radius 2 is 1.50 bits per heavy atom. The summed E-state index contributed by atoms with van der Waals surface area (Å²) in [5.41, 5.74) is 9.20. The maximum absolute atomic E-state index is 7.53. The van der Waals surface area contributed by atoms with Crippen molar-refractivity contribution in [3.05, 3.63) is 83.4 Å². The molecule has 0 saturated heterocycles. The largest absolute Gasteiger partial charge is 0.384 e. The van der Waals surface area contributed by atoms with Crippen LogP contribution >= 0.6 is 0 Å². The first-order valence-corrected chi connectivity index (χ1v) is 7.65. The smallest absolute Gasteiger partial charge is 0.122 e. The van der Waals surface area contributed by atoms with Gasteiger partial charge in [0.2, 0.25) is 0 Å². The second-order valence-electron chi connectivity index (χ2n) is 6.09. The first-order valence-electron chi connectivity index (χ1n) is 7.65. The van der Waals surface area contributed by atoms with Crippen LogP contribution in [0.5, 0.6) is 0 Å². The third-order valence-electron chi connectivity index (χ3n) is 4.62. The first kappa shape index (κ1) is 13.1. The standard InChI is InChI=1S/C20H18N2/c21-20(22)17-9-7-14-10-16(8-6-15(14)11-17)19-12-18(19)13-4-2-1-3-5-13/h1-11,18-19H,12H2,(H3,21,22)/t18-,19?/m0/s1. The van der Waals surface area contributed by atoms with Crippen molar-refractivity contribution in [2.24, 2.45) is 5.73 Å². The van der Waals surface area contributed by atoms with Crippen LogP contribution in [-0.2, 0) is 0 Å². The van der Waals surface area contributed by atoms with Gasteiger partial charge in [-0.3, -0.25) is 5.41 Å². The van der Waals surface area contributed by atoms with Crippen LogP contribution < -0.4 is 5.73 Å². The Morgan fingerprint density at radius 1 is 0.818 bits per heavy atom. The predicted molar refractivity (Wildman–Crippen MR) is 91.5 cm³/mol. The highest BCUT2D eigenvalue weighted by Gasteiger charge is 2.39. The number of fused-ring (bicyclic) bond motifs is 1. The summed E-state index contributed by atoms with van der Waals surface area (Å²) < 4.78 is 0. The molecule has 22 heavy (non-hydrogen) atoms. The van der Waals surface area contributed by atoms with Crippen molar-refractivity contribution in [3.63, 3.8) is 0 Å². The molecule has 0 amide bonds. The van der Waals surface area contributed by atoms with Gasteiger partial charge in [-0.05, 0) is 46.2 Å². The van der Waals surface area contributed by atoms with Crippen molar-refractivity contribution in [2.75, 3.05) is 0 Å². The molecule has 1 aliphatic carbocycles. The fourth-order valence-electron chi connectivity index (χ4n) is 3.29. The molecule has 0 radical (unpaired) electrons. The fraction of sp³-hybridized carbons (Fsp3) is 0.150. The molecular weight excluding hydrogens is 268 g/mol. The quantitative estimate of drug-likeness (QED) is 0.544. The summed E-state index contributed by atoms with van der Waals surface area (Å²) in [4.78, 5) is 0. The Morgan fingerprint density at radius 3 is 2.27 bits per heavy atom. The molecule has 4 rings (SSSR count). The molecule has 0 bridgehead atoms. The van der Waals surface area contributed by atoms with Gasteiger partial charge in [-0.15, -0.1) is 0 Å². The van der Waals surface area contributed by atoms with Gasteiger partial charge in [0, 0.05) is 5.56 Å². The zero-order chi connectivity index (χ0) is 15.1. The summed E-state index contributed by atoms with van der Waals surface area (Å²) in [6, 6.07) is 23.4. The number of rotatable bonds is 3. The van der Waals surface area contributed by atoms with E-state index in [0.29, 0.717) is 11.8 Å². The van der Waals surface area contributed by atoms with Crippen LogP contribution in [0, 0.1) is 5.41 Å². The Hall–Kier alpha value is -2.61. The number of nitrogens with one attached hydrogen (secondary N) is 1. The Kier molecular flexibility index (Phi) is 2.97. The molecule has 1 saturated carbocycles. The zero-order valence-corrected chi connectivity index (χ0v) is 12.3. The lowest BCUT2D eigenvalue weighted by Gasteiger charge is -2.06. The molecule has 0 heterocycles. The minimum atomic E-state index is 0.123. The summed E-state index contributed by atoms with van der Waals surface area (Å²) in [7, 11) is 0. The van der Waals surface area contributed by atoms with Crippen molar-refractivity contribution in [2.45, 2.75) is 18.3 Å². The van der Waals surface area contributed by atoms with Crippen LogP contribution in [0.4, 0.5) is 0 Å². The summed E-state index contributed by atoms with van der Waals surface area (Å²) in [5, 5.41) is 9.90. The molecule has 2 heteroatoms. The van der Waals surface area contributed by atoms with E-state index in [0.717, 1.165) is 10.9 Å². The number of amidine groups is 1. The SMILES string of the molecule is N=C(N)c1ccc2cc(C3C[C@H]3c3ccccc3)ccc2c1. The summed E-state index contributed by atoms with van der Waals surface area (Å²) in [6.45, 7) is 0. The van der Waals surface area contributed by atoms with Gasteiger partial charge in [-0.2, -0.15) is 0 Å². The molecule has 2 atom stereocenters. The lowest BCUT2D eigenvalue weighted by molar-refractivity contribution is 1.03. The molecule has 108 valence electrons. The predicted octanol–water partition coefficient (Wildman–Crippen LogP) is 4.39. The van der Waals surface area contributed by atoms with Gasteiger partial charge >= 0.3 is 0 Å². The summed E-state index contributed by atoms with van der Waals surface area (Å²) >= 11 is 0. The molecule has 1 fully saturated rings. The minimum Gasteiger partial charge on any atom is -0.384 e. The van der Waals surface area contributed by atoms with E-state index in [-0.39, 0.29) is 5.84 Å². The molecule has 0 aromatic heterocycles. The highest BCUT2D eigenvalue weighted by atomic mass is 14.7. The highest BCUT2D eigenvalue weighted by molar-refractivity contribution is 5.99. The van der Waals surface area contributed by atoms with Crippen molar-refractivity contribution in [3.8, 4) is 0 Å². The van der Waals surface area contributed by atoms with Gasteiger partial charge < -0.3 is 5.73 Å². The van der Waals surface area contributed by atoms with Crippen molar-refractivity contribution >= 4 is 16.6 Å². The number of nitrogens with two attached hydrogens (primary N) is 1. The van der Waals surface area contributed by atoms with E-state index in [1.807, 2.05) is 12.1 Å². The summed E-state index contributed by atoms with van der Waals surface area (Å²) in [6.07, 6.45) is 1.24. The number of hydrogen-bond acceptors (Lipinski definition) is 1. The molecular formula is C20H18N2. The van der Waals surface area contributed by atoms with Crippen LogP contribution in [0.2, 0.25) is 0 Å². The maximum Gasteiger partial charge on any atom is 0.122 e. The Balaban J connectivity index is 1.64. The van der Waals surface area contributed by atoms with E-state index in [4.69, 9.17) is 11.1 Å². The van der Waals surface area contributed by atoms with Crippen molar-refractivity contribution in [1.82, 2.24) is 0 Å². The van der Waals surface area contributed by atoms with Gasteiger partial charge in [0.25, 0.3) is 0 Å². The molecule has 0 spiro atoms. The van der Waals surface area contributed by atoms with E-state index < -0.39 is 0 Å². The van der Waals surface area contributed by atoms with Crippen molar-refractivity contribution in [1.29, 1.82) is 5.41 Å². The van der Waals surface area contributed by atoms with Crippen LogP contribution in [-0.4, -0.2) is 5.84 Å².